The first-order valence-corrected chi connectivity index (χ1v) is 13.3. The van der Waals surface area contributed by atoms with E-state index in [9.17, 15) is 14.4 Å². The van der Waals surface area contributed by atoms with E-state index < -0.39 is 5.91 Å². The first-order chi connectivity index (χ1) is 19.4. The molecule has 12 nitrogen and oxygen atoms in total. The van der Waals surface area contributed by atoms with Crippen molar-refractivity contribution in [1.29, 1.82) is 0 Å². The maximum Gasteiger partial charge on any atom is 0.273 e. The van der Waals surface area contributed by atoms with Gasteiger partial charge in [-0.1, -0.05) is 11.6 Å². The number of hydrogen-bond acceptors (Lipinski definition) is 9. The lowest BCUT2D eigenvalue weighted by Crippen LogP contribution is -2.48. The summed E-state index contributed by atoms with van der Waals surface area (Å²) in [6, 6.07) is 13.4. The fourth-order valence-electron chi connectivity index (χ4n) is 4.63. The molecule has 0 spiro atoms. The molecule has 0 unspecified atom stereocenters. The van der Waals surface area contributed by atoms with Crippen molar-refractivity contribution in [3.63, 3.8) is 0 Å². The van der Waals surface area contributed by atoms with Gasteiger partial charge in [0.25, 0.3) is 17.7 Å². The molecule has 0 saturated carbocycles. The van der Waals surface area contributed by atoms with E-state index in [0.717, 1.165) is 12.8 Å². The fraction of sp³-hybridized carbons (Fsp3) is 0.333. The van der Waals surface area contributed by atoms with E-state index in [4.69, 9.17) is 22.1 Å². The maximum absolute atomic E-state index is 12.7. The van der Waals surface area contributed by atoms with E-state index >= 15 is 0 Å². The summed E-state index contributed by atoms with van der Waals surface area (Å²) in [5.41, 5.74) is 7.09. The molecule has 2 aromatic carbocycles. The van der Waals surface area contributed by atoms with Crippen molar-refractivity contribution in [3.8, 4) is 0 Å². The van der Waals surface area contributed by atoms with Gasteiger partial charge >= 0.3 is 0 Å². The molecule has 0 radical (unpaired) electrons. The molecule has 2 saturated heterocycles. The van der Waals surface area contributed by atoms with Gasteiger partial charge in [-0.15, -0.1) is 10.2 Å². The van der Waals surface area contributed by atoms with Crippen molar-refractivity contribution in [3.05, 3.63) is 70.4 Å². The molecule has 2 fully saturated rings. The lowest BCUT2D eigenvalue weighted by Gasteiger charge is -2.33. The van der Waals surface area contributed by atoms with Crippen molar-refractivity contribution in [2.24, 2.45) is 5.73 Å². The number of primary amides is 1. The summed E-state index contributed by atoms with van der Waals surface area (Å²) in [4.78, 5) is 45.7. The Morgan fingerprint density at radius 1 is 0.950 bits per heavy atom. The second-order valence-corrected chi connectivity index (χ2v) is 9.98. The number of piperidine rings is 1. The number of hydrogen-bond donors (Lipinski definition) is 3. The van der Waals surface area contributed by atoms with Crippen molar-refractivity contribution in [1.82, 2.24) is 25.4 Å². The molecule has 0 aliphatic carbocycles. The Morgan fingerprint density at radius 2 is 1.65 bits per heavy atom. The molecule has 5 rings (SSSR count). The van der Waals surface area contributed by atoms with E-state index in [1.54, 1.807) is 53.4 Å². The Hall–Kier alpha value is -4.29. The number of rotatable bonds is 7. The molecule has 3 aromatic rings. The molecular formula is C27H29ClN8O4. The highest BCUT2D eigenvalue weighted by Crippen LogP contribution is 2.23. The molecule has 4 N–H and O–H groups in total. The van der Waals surface area contributed by atoms with E-state index in [2.05, 4.69) is 25.8 Å². The molecule has 1 aromatic heterocycles. The summed E-state index contributed by atoms with van der Waals surface area (Å²) in [6.45, 7) is 3.28. The van der Waals surface area contributed by atoms with Gasteiger partial charge in [-0.3, -0.25) is 14.4 Å². The number of nitrogens with zero attached hydrogens (tertiary/aromatic N) is 5. The molecule has 208 valence electrons. The zero-order valence-electron chi connectivity index (χ0n) is 21.7. The van der Waals surface area contributed by atoms with Gasteiger partial charge in [-0.25, -0.2) is 0 Å². The molecule has 1 atom stereocenters. The highest BCUT2D eigenvalue weighted by molar-refractivity contribution is 6.30. The minimum Gasteiger partial charge on any atom is -0.378 e. The molecule has 40 heavy (non-hydrogen) atoms. The van der Waals surface area contributed by atoms with E-state index in [1.165, 1.54) is 0 Å². The fourth-order valence-corrected chi connectivity index (χ4v) is 4.76. The Labute approximate surface area is 235 Å². The summed E-state index contributed by atoms with van der Waals surface area (Å²) in [5, 5.41) is 14.9. The van der Waals surface area contributed by atoms with Crippen LogP contribution in [0, 0.1) is 0 Å². The Bertz CT molecular complexity index is 1380. The molecule has 13 heteroatoms. The van der Waals surface area contributed by atoms with Crippen LogP contribution < -0.4 is 21.3 Å². The number of nitrogens with one attached hydrogen (secondary N) is 2. The maximum atomic E-state index is 12.7. The Balaban J connectivity index is 1.28. The number of morpholine rings is 1. The molecular weight excluding hydrogens is 536 g/mol. The highest BCUT2D eigenvalue weighted by Gasteiger charge is 2.26. The van der Waals surface area contributed by atoms with Crippen molar-refractivity contribution in [2.45, 2.75) is 18.9 Å². The van der Waals surface area contributed by atoms with Gasteiger partial charge in [-0.05, 0) is 61.4 Å². The number of nitrogens with two attached hydrogens (primary N) is 1. The number of anilines is 3. The standard InChI is InChI=1S/C27H29ClN8O4/c28-19-7-3-17(4-8-19)25(38)31-21-2-1-11-36(16-21)27-32-24(22(23(29)37)33-34-27)30-20-9-5-18(6-10-20)26(39)35-12-14-40-15-13-35/h3-10,21H,1-2,11-16H2,(H2,29,37)(H,31,38)(H,30,32,34)/t21-/m1/s1. The lowest BCUT2D eigenvalue weighted by molar-refractivity contribution is 0.0303. The largest absolute Gasteiger partial charge is 0.378 e. The predicted molar refractivity (Wildman–Crippen MR) is 149 cm³/mol. The van der Waals surface area contributed by atoms with Crippen LogP contribution in [0.1, 0.15) is 44.0 Å². The molecule has 2 aliphatic heterocycles. The summed E-state index contributed by atoms with van der Waals surface area (Å²) >= 11 is 5.93. The lowest BCUT2D eigenvalue weighted by atomic mass is 10.1. The minimum absolute atomic E-state index is 0.0681. The van der Waals surface area contributed by atoms with Gasteiger partial charge in [-0.2, -0.15) is 4.98 Å². The van der Waals surface area contributed by atoms with E-state index in [1.807, 2.05) is 4.90 Å². The monoisotopic (exact) mass is 564 g/mol. The number of carbonyl (C=O) groups excluding carboxylic acids is 3. The third-order valence-electron chi connectivity index (χ3n) is 6.75. The van der Waals surface area contributed by atoms with Crippen LogP contribution in [0.4, 0.5) is 17.5 Å². The second-order valence-electron chi connectivity index (χ2n) is 9.55. The molecule has 2 aliphatic rings. The van der Waals surface area contributed by atoms with E-state index in [0.29, 0.717) is 67.2 Å². The summed E-state index contributed by atoms with van der Waals surface area (Å²) in [7, 11) is 0. The van der Waals surface area contributed by atoms with Gasteiger partial charge in [0.1, 0.15) is 0 Å². The van der Waals surface area contributed by atoms with Gasteiger partial charge < -0.3 is 30.9 Å². The summed E-state index contributed by atoms with van der Waals surface area (Å²) < 4.78 is 5.31. The molecule has 0 bridgehead atoms. The second kappa shape index (κ2) is 12.3. The topological polar surface area (TPSA) is 156 Å². The third kappa shape index (κ3) is 6.46. The van der Waals surface area contributed by atoms with Crippen LogP contribution in [0.25, 0.3) is 0 Å². The quantitative estimate of drug-likeness (QED) is 0.391. The van der Waals surface area contributed by atoms with Crippen molar-refractivity contribution in [2.75, 3.05) is 49.6 Å². The Kier molecular flexibility index (Phi) is 8.37. The zero-order chi connectivity index (χ0) is 28.1. The van der Waals surface area contributed by atoms with Gasteiger partial charge in [0.15, 0.2) is 11.5 Å². The normalized spacial score (nSPS) is 17.3. The average molecular weight is 565 g/mol. The molecule has 3 amide bonds. The van der Waals surface area contributed by atoms with Gasteiger partial charge in [0, 0.05) is 54.1 Å². The average Bonchev–Trinajstić information content (AvgIpc) is 2.98. The van der Waals surface area contributed by atoms with Gasteiger partial charge in [0.05, 0.1) is 13.2 Å². The first-order valence-electron chi connectivity index (χ1n) is 13.0. The third-order valence-corrected chi connectivity index (χ3v) is 7.00. The number of halogens is 1. The van der Waals surface area contributed by atoms with Crippen LogP contribution in [0.5, 0.6) is 0 Å². The van der Waals surface area contributed by atoms with Crippen LogP contribution in [-0.2, 0) is 4.74 Å². The zero-order valence-corrected chi connectivity index (χ0v) is 22.4. The van der Waals surface area contributed by atoms with Crippen LogP contribution in [0.15, 0.2) is 48.5 Å². The van der Waals surface area contributed by atoms with Gasteiger partial charge in [0.2, 0.25) is 5.95 Å². The summed E-state index contributed by atoms with van der Waals surface area (Å²) in [6.07, 6.45) is 1.59. The smallest absolute Gasteiger partial charge is 0.273 e. The Morgan fingerprint density at radius 3 is 2.35 bits per heavy atom. The minimum atomic E-state index is -0.778. The van der Waals surface area contributed by atoms with Crippen LogP contribution in [-0.4, -0.2) is 83.2 Å². The predicted octanol–water partition coefficient (Wildman–Crippen LogP) is 2.24. The number of amides is 3. The SMILES string of the molecule is NC(=O)c1nnc(N2CCC[C@@H](NC(=O)c3ccc(Cl)cc3)C2)nc1Nc1ccc(C(=O)N2CCOCC2)cc1. The van der Waals surface area contributed by atoms with Crippen LogP contribution >= 0.6 is 11.6 Å². The number of benzene rings is 2. The van der Waals surface area contributed by atoms with Crippen LogP contribution in [0.3, 0.4) is 0 Å². The van der Waals surface area contributed by atoms with E-state index in [-0.39, 0.29) is 29.4 Å². The number of ether oxygens (including phenoxy) is 1. The number of aromatic nitrogens is 3. The summed E-state index contributed by atoms with van der Waals surface area (Å²) in [5.74, 6) is -0.583. The molecule has 3 heterocycles. The first kappa shape index (κ1) is 27.3. The van der Waals surface area contributed by atoms with Crippen LogP contribution in [0.2, 0.25) is 5.02 Å². The number of carbonyl (C=O) groups is 3. The highest BCUT2D eigenvalue weighted by atomic mass is 35.5. The van der Waals surface area contributed by atoms with Crippen molar-refractivity contribution < 1.29 is 19.1 Å². The van der Waals surface area contributed by atoms with Crippen molar-refractivity contribution >= 4 is 46.8 Å².